The lowest BCUT2D eigenvalue weighted by Crippen LogP contribution is -2.31. The number of nitrogen functional groups attached to an aromatic ring is 1. The van der Waals surface area contributed by atoms with E-state index in [1.807, 2.05) is 0 Å². The number of anilines is 1. The Balaban J connectivity index is 2.70. The third-order valence-corrected chi connectivity index (χ3v) is 2.51. The van der Waals surface area contributed by atoms with Crippen LogP contribution in [-0.2, 0) is 0 Å². The molecule has 4 heteroatoms. The Kier molecular flexibility index (Phi) is 3.88. The van der Waals surface area contributed by atoms with Crippen molar-refractivity contribution in [3.63, 3.8) is 0 Å². The SMILES string of the molecule is CCCC(C)(CC)Oc1ncc(N)cn1. The molecule has 2 N–H and O–H groups in total. The van der Waals surface area contributed by atoms with Gasteiger partial charge in [0, 0.05) is 0 Å². The van der Waals surface area contributed by atoms with Crippen LogP contribution in [0.2, 0.25) is 0 Å². The van der Waals surface area contributed by atoms with Crippen molar-refractivity contribution in [2.24, 2.45) is 0 Å². The van der Waals surface area contributed by atoms with Gasteiger partial charge < -0.3 is 10.5 Å². The number of hydrogen-bond acceptors (Lipinski definition) is 4. The summed E-state index contributed by atoms with van der Waals surface area (Å²) in [7, 11) is 0. The van der Waals surface area contributed by atoms with E-state index in [0.717, 1.165) is 19.3 Å². The summed E-state index contributed by atoms with van der Waals surface area (Å²) in [5, 5.41) is 0. The van der Waals surface area contributed by atoms with Crippen molar-refractivity contribution >= 4 is 5.69 Å². The maximum atomic E-state index is 5.77. The Morgan fingerprint density at radius 1 is 1.33 bits per heavy atom. The van der Waals surface area contributed by atoms with Crippen LogP contribution in [0.15, 0.2) is 12.4 Å². The van der Waals surface area contributed by atoms with Gasteiger partial charge in [0.05, 0.1) is 18.1 Å². The molecule has 0 aliphatic rings. The molecule has 0 aliphatic heterocycles. The molecule has 0 amide bonds. The molecule has 1 atom stereocenters. The molecule has 4 nitrogen and oxygen atoms in total. The molecule has 0 aliphatic carbocycles. The van der Waals surface area contributed by atoms with Gasteiger partial charge in [0.15, 0.2) is 0 Å². The third-order valence-electron chi connectivity index (χ3n) is 2.51. The zero-order chi connectivity index (χ0) is 11.3. The Labute approximate surface area is 90.9 Å². The fourth-order valence-electron chi connectivity index (χ4n) is 1.43. The van der Waals surface area contributed by atoms with Crippen molar-refractivity contribution in [1.29, 1.82) is 0 Å². The second-order valence-corrected chi connectivity index (χ2v) is 3.95. The highest BCUT2D eigenvalue weighted by Crippen LogP contribution is 2.22. The Morgan fingerprint density at radius 3 is 2.40 bits per heavy atom. The van der Waals surface area contributed by atoms with Crippen molar-refractivity contribution < 1.29 is 4.74 Å². The van der Waals surface area contributed by atoms with E-state index in [4.69, 9.17) is 10.5 Å². The zero-order valence-electron chi connectivity index (χ0n) is 9.66. The first-order valence-electron chi connectivity index (χ1n) is 5.36. The van der Waals surface area contributed by atoms with Crippen LogP contribution >= 0.6 is 0 Å². The topological polar surface area (TPSA) is 61.0 Å². The number of rotatable bonds is 5. The van der Waals surface area contributed by atoms with Gasteiger partial charge in [-0.2, -0.15) is 0 Å². The summed E-state index contributed by atoms with van der Waals surface area (Å²) in [6.07, 6.45) is 6.14. The van der Waals surface area contributed by atoms with Crippen molar-refractivity contribution in [3.8, 4) is 6.01 Å². The summed E-state index contributed by atoms with van der Waals surface area (Å²) in [6, 6.07) is 0.405. The second kappa shape index (κ2) is 4.96. The molecular formula is C11H19N3O. The fraction of sp³-hybridized carbons (Fsp3) is 0.636. The molecule has 0 radical (unpaired) electrons. The van der Waals surface area contributed by atoms with E-state index in [0.29, 0.717) is 11.7 Å². The van der Waals surface area contributed by atoms with Crippen molar-refractivity contribution in [2.75, 3.05) is 5.73 Å². The van der Waals surface area contributed by atoms with E-state index in [-0.39, 0.29) is 5.60 Å². The van der Waals surface area contributed by atoms with E-state index >= 15 is 0 Å². The molecule has 0 aromatic carbocycles. The summed E-state index contributed by atoms with van der Waals surface area (Å²) in [5.74, 6) is 0. The van der Waals surface area contributed by atoms with Crippen LogP contribution in [0.5, 0.6) is 6.01 Å². The summed E-state index contributed by atoms with van der Waals surface area (Å²) >= 11 is 0. The van der Waals surface area contributed by atoms with Crippen LogP contribution < -0.4 is 10.5 Å². The first-order chi connectivity index (χ1) is 7.09. The number of nitrogens with zero attached hydrogens (tertiary/aromatic N) is 2. The quantitative estimate of drug-likeness (QED) is 0.809. The molecule has 1 rings (SSSR count). The smallest absolute Gasteiger partial charge is 0.316 e. The predicted molar refractivity (Wildman–Crippen MR) is 60.7 cm³/mol. The van der Waals surface area contributed by atoms with Crippen molar-refractivity contribution in [1.82, 2.24) is 9.97 Å². The molecule has 84 valence electrons. The molecular weight excluding hydrogens is 190 g/mol. The lowest BCUT2D eigenvalue weighted by molar-refractivity contribution is 0.0630. The first-order valence-corrected chi connectivity index (χ1v) is 5.36. The van der Waals surface area contributed by atoms with Gasteiger partial charge in [-0.3, -0.25) is 0 Å². The van der Waals surface area contributed by atoms with Crippen LogP contribution in [0.1, 0.15) is 40.0 Å². The Morgan fingerprint density at radius 2 is 1.93 bits per heavy atom. The fourth-order valence-corrected chi connectivity index (χ4v) is 1.43. The van der Waals surface area contributed by atoms with Gasteiger partial charge in [0.1, 0.15) is 5.60 Å². The average molecular weight is 209 g/mol. The molecule has 1 aromatic rings. The highest BCUT2D eigenvalue weighted by molar-refractivity contribution is 5.30. The Bertz CT molecular complexity index is 299. The summed E-state index contributed by atoms with van der Waals surface area (Å²) < 4.78 is 5.77. The molecule has 1 unspecified atom stereocenters. The molecule has 0 fully saturated rings. The standard InChI is InChI=1S/C11H19N3O/c1-4-6-11(3,5-2)15-10-13-7-9(12)8-14-10/h7-8H,4-6,12H2,1-3H3. The maximum absolute atomic E-state index is 5.77. The predicted octanol–water partition coefficient (Wildman–Crippen LogP) is 2.41. The first kappa shape index (κ1) is 11.8. The number of nitrogens with two attached hydrogens (primary N) is 1. The number of ether oxygens (including phenoxy) is 1. The summed E-state index contributed by atoms with van der Waals surface area (Å²) in [5.41, 5.74) is 5.88. The minimum Gasteiger partial charge on any atom is -0.457 e. The van der Waals surface area contributed by atoms with E-state index in [9.17, 15) is 0 Å². The van der Waals surface area contributed by atoms with Crippen LogP contribution in [0.3, 0.4) is 0 Å². The molecule has 0 saturated heterocycles. The van der Waals surface area contributed by atoms with Crippen LogP contribution in [-0.4, -0.2) is 15.6 Å². The van der Waals surface area contributed by atoms with Crippen molar-refractivity contribution in [2.45, 2.75) is 45.6 Å². The van der Waals surface area contributed by atoms with E-state index < -0.39 is 0 Å². The molecule has 1 aromatic heterocycles. The van der Waals surface area contributed by atoms with Gasteiger partial charge >= 0.3 is 6.01 Å². The average Bonchev–Trinajstić information content (AvgIpc) is 2.22. The van der Waals surface area contributed by atoms with Gasteiger partial charge in [0.25, 0.3) is 0 Å². The van der Waals surface area contributed by atoms with Gasteiger partial charge in [-0.25, -0.2) is 9.97 Å². The van der Waals surface area contributed by atoms with Crippen LogP contribution in [0.4, 0.5) is 5.69 Å². The lowest BCUT2D eigenvalue weighted by Gasteiger charge is -2.27. The van der Waals surface area contributed by atoms with Gasteiger partial charge in [-0.1, -0.05) is 20.3 Å². The molecule has 0 bridgehead atoms. The minimum atomic E-state index is -0.176. The lowest BCUT2D eigenvalue weighted by atomic mass is 9.97. The van der Waals surface area contributed by atoms with Crippen molar-refractivity contribution in [3.05, 3.63) is 12.4 Å². The summed E-state index contributed by atoms with van der Waals surface area (Å²) in [4.78, 5) is 8.07. The molecule has 0 spiro atoms. The van der Waals surface area contributed by atoms with Gasteiger partial charge in [-0.05, 0) is 19.8 Å². The second-order valence-electron chi connectivity index (χ2n) is 3.95. The number of aromatic nitrogens is 2. The molecule has 0 saturated carbocycles. The van der Waals surface area contributed by atoms with Crippen LogP contribution in [0.25, 0.3) is 0 Å². The van der Waals surface area contributed by atoms with E-state index in [2.05, 4.69) is 30.7 Å². The zero-order valence-corrected chi connectivity index (χ0v) is 9.66. The summed E-state index contributed by atoms with van der Waals surface area (Å²) in [6.45, 7) is 6.32. The highest BCUT2D eigenvalue weighted by Gasteiger charge is 2.23. The minimum absolute atomic E-state index is 0.176. The maximum Gasteiger partial charge on any atom is 0.316 e. The Hall–Kier alpha value is -1.32. The molecule has 15 heavy (non-hydrogen) atoms. The largest absolute Gasteiger partial charge is 0.457 e. The monoisotopic (exact) mass is 209 g/mol. The van der Waals surface area contributed by atoms with Gasteiger partial charge in [-0.15, -0.1) is 0 Å². The normalized spacial score (nSPS) is 14.6. The van der Waals surface area contributed by atoms with Crippen LogP contribution in [0, 0.1) is 0 Å². The highest BCUT2D eigenvalue weighted by atomic mass is 16.5. The van der Waals surface area contributed by atoms with E-state index in [1.165, 1.54) is 0 Å². The number of hydrogen-bond donors (Lipinski definition) is 1. The van der Waals surface area contributed by atoms with E-state index in [1.54, 1.807) is 12.4 Å². The van der Waals surface area contributed by atoms with Gasteiger partial charge in [0.2, 0.25) is 0 Å². The molecule has 1 heterocycles. The third kappa shape index (κ3) is 3.38.